The first-order valence-corrected chi connectivity index (χ1v) is 0. The van der Waals surface area contributed by atoms with Gasteiger partial charge in [-0.05, 0) is 0 Å². The smallest absolute Gasteiger partial charge is 1.00 e. The zero-order valence-corrected chi connectivity index (χ0v) is 9.36. The second kappa shape index (κ2) is 27.0. The van der Waals surface area contributed by atoms with Gasteiger partial charge in [-0.3, -0.25) is 0 Å². The van der Waals surface area contributed by atoms with Gasteiger partial charge >= 0.3 is 23.1 Å². The minimum atomic E-state index is 0. The van der Waals surface area contributed by atoms with Gasteiger partial charge in [-0.2, -0.15) is 0 Å². The van der Waals surface area contributed by atoms with Gasteiger partial charge in [-0.15, -0.1) is 0 Å². The van der Waals surface area contributed by atoms with Gasteiger partial charge in [-0.1, -0.05) is 0 Å². The van der Waals surface area contributed by atoms with Crippen molar-refractivity contribution < 1.29 is 79.9 Å². The van der Waals surface area contributed by atoms with Crippen LogP contribution in [0.1, 0.15) is 2.85 Å². The zero-order valence-electron chi connectivity index (χ0n) is 4.02. The van der Waals surface area contributed by atoms with E-state index in [0.717, 1.165) is 0 Å². The predicted octanol–water partition coefficient (Wildman–Crippen LogP) is -0.166. The van der Waals surface area contributed by atoms with Crippen LogP contribution < -0.4 is 0 Å². The fourth-order valence-corrected chi connectivity index (χ4v) is 0. The van der Waals surface area contributed by atoms with E-state index in [1.807, 2.05) is 0 Å². The van der Waals surface area contributed by atoms with E-state index in [0.29, 0.717) is 0 Å². The first-order valence-electron chi connectivity index (χ1n) is 0. The van der Waals surface area contributed by atoms with Crippen LogP contribution in [-0.2, 0) is 77.0 Å². The van der Waals surface area contributed by atoms with Gasteiger partial charge in [-0.25, -0.2) is 0 Å². The van der Waals surface area contributed by atoms with Crippen molar-refractivity contribution in [2.24, 2.45) is 0 Å². The molecule has 0 heterocycles. The molecular weight excluding hydrogens is 441 g/mol. The normalized spacial score (nSPS) is 0. The van der Waals surface area contributed by atoms with Crippen LogP contribution in [0.25, 0.3) is 0 Å². The van der Waals surface area contributed by atoms with E-state index in [2.05, 4.69) is 0 Å². The van der Waals surface area contributed by atoms with E-state index < -0.39 is 0 Å². The molecule has 0 aromatic rings. The molecule has 0 N–H and O–H groups in total. The Morgan fingerprint density at radius 3 is 1.20 bits per heavy atom. The second-order valence-electron chi connectivity index (χ2n) is 0. The minimum Gasteiger partial charge on any atom is -1.00 e. The molecule has 2 radical (unpaired) electrons. The Morgan fingerprint density at radius 2 is 1.20 bits per heavy atom. The molecule has 5 heavy (non-hydrogen) atoms. The van der Waals surface area contributed by atoms with Crippen molar-refractivity contribution in [3.05, 3.63) is 0 Å². The number of hydrogen-bond acceptors (Lipinski definition) is 0. The molecule has 0 nitrogen and oxygen atoms in total. The summed E-state index contributed by atoms with van der Waals surface area (Å²) in [4.78, 5) is 0. The summed E-state index contributed by atoms with van der Waals surface area (Å²) in [6, 6.07) is 0. The minimum absolute atomic E-state index is 0. The van der Waals surface area contributed by atoms with Gasteiger partial charge in [0.05, 0.1) is 0 Å². The summed E-state index contributed by atoms with van der Waals surface area (Å²) in [5.41, 5.74) is 0. The van der Waals surface area contributed by atoms with Gasteiger partial charge in [0, 0.05) is 77.0 Å². The van der Waals surface area contributed by atoms with Crippen LogP contribution in [0.5, 0.6) is 0 Å². The summed E-state index contributed by atoms with van der Waals surface area (Å²) in [7, 11) is 0. The molecular formula is H2AgMgMnNiPt. The molecule has 0 saturated carbocycles. The summed E-state index contributed by atoms with van der Waals surface area (Å²) in [6.07, 6.45) is 0. The van der Waals surface area contributed by atoms with E-state index in [-0.39, 0.29) is 103 Å². The largest absolute Gasteiger partial charge is 2.00 e. The Balaban J connectivity index is 0. The quantitative estimate of drug-likeness (QED) is 0.457. The molecule has 0 aromatic heterocycles. The van der Waals surface area contributed by atoms with Gasteiger partial charge in [0.2, 0.25) is 0 Å². The van der Waals surface area contributed by atoms with E-state index in [1.165, 1.54) is 0 Å². The van der Waals surface area contributed by atoms with Crippen molar-refractivity contribution in [2.45, 2.75) is 0 Å². The van der Waals surface area contributed by atoms with Crippen LogP contribution in [0.15, 0.2) is 0 Å². The molecule has 0 spiro atoms. The SMILES string of the molecule is [Ag].[H-].[H-].[Mg+2].[Mn].[Ni].[Pt]. The van der Waals surface area contributed by atoms with Gasteiger partial charge in [0.25, 0.3) is 0 Å². The van der Waals surface area contributed by atoms with E-state index in [4.69, 9.17) is 0 Å². The monoisotopic (exact) mass is 441 g/mol. The van der Waals surface area contributed by atoms with Crippen molar-refractivity contribution >= 4 is 23.1 Å². The first-order chi connectivity index (χ1) is 0. The molecule has 0 saturated heterocycles. The van der Waals surface area contributed by atoms with Crippen molar-refractivity contribution in [1.82, 2.24) is 0 Å². The Kier molecular flexibility index (Phi) is 224. The topological polar surface area (TPSA) is 0 Å². The van der Waals surface area contributed by atoms with Crippen molar-refractivity contribution in [2.75, 3.05) is 0 Å². The molecule has 0 amide bonds. The van der Waals surface area contributed by atoms with Gasteiger partial charge < -0.3 is 2.85 Å². The fraction of sp³-hybridized carbons (Fsp3) is 0. The summed E-state index contributed by atoms with van der Waals surface area (Å²) < 4.78 is 0. The van der Waals surface area contributed by atoms with Crippen LogP contribution in [0.4, 0.5) is 0 Å². The average molecular weight is 443 g/mol. The maximum Gasteiger partial charge on any atom is 2.00 e. The van der Waals surface area contributed by atoms with Crippen LogP contribution >= 0.6 is 0 Å². The average Bonchev–Trinajstić information content (AvgIpc) is 0. The standard InChI is InChI=1S/Ag.Mg.Mn.Ni.Pt.2H/q;+2;;;;2*-1. The van der Waals surface area contributed by atoms with E-state index in [1.54, 1.807) is 0 Å². The molecule has 0 aliphatic rings. The zero-order chi connectivity index (χ0) is 0. The number of rotatable bonds is 0. The van der Waals surface area contributed by atoms with Crippen LogP contribution in [0.3, 0.4) is 0 Å². The van der Waals surface area contributed by atoms with Gasteiger partial charge in [0.1, 0.15) is 0 Å². The Hall–Kier alpha value is 3.21. The third kappa shape index (κ3) is 19.0. The molecule has 5 heteroatoms. The Labute approximate surface area is 101 Å². The molecule has 0 fully saturated rings. The maximum absolute atomic E-state index is 0. The summed E-state index contributed by atoms with van der Waals surface area (Å²) in [5.74, 6) is 0. The molecule has 0 aromatic carbocycles. The van der Waals surface area contributed by atoms with Crippen LogP contribution in [0, 0.1) is 0 Å². The van der Waals surface area contributed by atoms with Crippen LogP contribution in [0.2, 0.25) is 0 Å². The summed E-state index contributed by atoms with van der Waals surface area (Å²) >= 11 is 0. The molecule has 0 aliphatic heterocycles. The Morgan fingerprint density at radius 1 is 1.20 bits per heavy atom. The second-order valence-corrected chi connectivity index (χ2v) is 0. The molecule has 42 valence electrons. The fourth-order valence-electron chi connectivity index (χ4n) is 0. The molecule has 0 bridgehead atoms. The van der Waals surface area contributed by atoms with E-state index >= 15 is 0 Å². The van der Waals surface area contributed by atoms with E-state index in [9.17, 15) is 0 Å². The van der Waals surface area contributed by atoms with Crippen molar-refractivity contribution in [3.63, 3.8) is 0 Å². The molecule has 0 rings (SSSR count). The molecule has 0 unspecified atom stereocenters. The third-order valence-electron chi connectivity index (χ3n) is 0. The molecule has 0 atom stereocenters. The van der Waals surface area contributed by atoms with Crippen molar-refractivity contribution in [1.29, 1.82) is 0 Å². The Bertz CT molecular complexity index is 17.7. The first kappa shape index (κ1) is 41.4. The summed E-state index contributed by atoms with van der Waals surface area (Å²) in [5, 5.41) is 0. The van der Waals surface area contributed by atoms with Crippen LogP contribution in [-0.4, -0.2) is 23.1 Å². The maximum atomic E-state index is 0. The number of hydrogen-bond donors (Lipinski definition) is 0. The predicted molar refractivity (Wildman–Crippen MR) is 7.98 cm³/mol. The van der Waals surface area contributed by atoms with Crippen molar-refractivity contribution in [3.8, 4) is 0 Å². The van der Waals surface area contributed by atoms with Gasteiger partial charge in [0.15, 0.2) is 0 Å². The summed E-state index contributed by atoms with van der Waals surface area (Å²) in [6.45, 7) is 0. The molecule has 0 aliphatic carbocycles. The third-order valence-corrected chi connectivity index (χ3v) is 0.